The van der Waals surface area contributed by atoms with Crippen LogP contribution in [0.25, 0.3) is 0 Å². The van der Waals surface area contributed by atoms with Gasteiger partial charge in [0.25, 0.3) is 0 Å². The number of benzene rings is 3. The molecule has 208 valence electrons. The highest BCUT2D eigenvalue weighted by molar-refractivity contribution is 5.94. The molecule has 6 heteroatoms. The van der Waals surface area contributed by atoms with Gasteiger partial charge in [0, 0.05) is 36.2 Å². The molecule has 2 saturated heterocycles. The Morgan fingerprint density at radius 1 is 0.775 bits per heavy atom. The van der Waals surface area contributed by atoms with Gasteiger partial charge in [-0.25, -0.2) is 4.79 Å². The van der Waals surface area contributed by atoms with Crippen molar-refractivity contribution in [2.75, 3.05) is 37.0 Å². The maximum atomic E-state index is 14.0. The lowest BCUT2D eigenvalue weighted by atomic mass is 9.55. The number of nitrogens with zero attached hydrogens (tertiary/aromatic N) is 4. The van der Waals surface area contributed by atoms with Crippen LogP contribution in [0.4, 0.5) is 16.2 Å². The van der Waals surface area contributed by atoms with E-state index in [4.69, 9.17) is 4.74 Å². The molecule has 0 unspecified atom stereocenters. The first kappa shape index (κ1) is 25.6. The minimum absolute atomic E-state index is 0.126. The van der Waals surface area contributed by atoms with Crippen LogP contribution in [-0.4, -0.2) is 61.0 Å². The van der Waals surface area contributed by atoms with Crippen LogP contribution in [0.5, 0.6) is 0 Å². The topological polar surface area (TPSA) is 39.3 Å². The monoisotopic (exact) mass is 536 g/mol. The zero-order valence-corrected chi connectivity index (χ0v) is 24.3. The lowest BCUT2D eigenvalue weighted by Gasteiger charge is -2.50. The first-order chi connectivity index (χ1) is 19.2. The number of anilines is 2. The molecule has 7 rings (SSSR count). The molecule has 40 heavy (non-hydrogen) atoms. The zero-order chi connectivity index (χ0) is 27.9. The first-order valence-electron chi connectivity index (χ1n) is 14.6. The number of ether oxygens (including phenoxy) is 1. The number of carbonyl (C=O) groups excluding carboxylic acids is 1. The smallest absolute Gasteiger partial charge is 0.416 e. The van der Waals surface area contributed by atoms with Crippen molar-refractivity contribution in [3.8, 4) is 0 Å². The van der Waals surface area contributed by atoms with Gasteiger partial charge in [-0.2, -0.15) is 0 Å². The maximum absolute atomic E-state index is 14.0. The SMILES string of the molecule is CN1CC[C@@]2([C@@]34CCN(C)[C@@H]3N(C(=O)OC(C)(C)C)c3ccccc34)c3ccccc3N(Cc3ccccc3)[C@@H]12. The minimum Gasteiger partial charge on any atom is -0.443 e. The number of amides is 1. The Bertz CT molecular complexity index is 1450. The molecule has 1 amide bonds. The summed E-state index contributed by atoms with van der Waals surface area (Å²) in [5.74, 6) is 0. The van der Waals surface area contributed by atoms with Gasteiger partial charge in [0.1, 0.15) is 11.8 Å². The van der Waals surface area contributed by atoms with Crippen LogP contribution in [0.1, 0.15) is 50.3 Å². The standard InChI is InChI=1S/C34H40N4O2/c1-32(2,3)40-31(39)38-28-18-12-10-16-26(28)34(20-22-36(5)30(34)38)33-19-21-35(4)29(33)37(23-24-13-7-6-8-14-24)27-17-11-9-15-25(27)33/h6-18,29-30H,19-23H2,1-5H3/t29-,30-,33-,34-/m1/s1. The molecule has 4 aliphatic rings. The number of likely N-dealkylation sites (tertiary alicyclic amines) is 2. The van der Waals surface area contributed by atoms with Gasteiger partial charge in [-0.05, 0) is 76.5 Å². The number of fused-ring (bicyclic) bond motifs is 7. The lowest BCUT2D eigenvalue weighted by molar-refractivity contribution is 0.0488. The maximum Gasteiger partial charge on any atom is 0.416 e. The second-order valence-electron chi connectivity index (χ2n) is 13.1. The molecule has 0 spiro atoms. The lowest BCUT2D eigenvalue weighted by Crippen LogP contribution is -2.64. The molecule has 4 heterocycles. The molecule has 2 fully saturated rings. The van der Waals surface area contributed by atoms with E-state index in [1.54, 1.807) is 0 Å². The van der Waals surface area contributed by atoms with Crippen LogP contribution in [0.3, 0.4) is 0 Å². The molecule has 0 radical (unpaired) electrons. The van der Waals surface area contributed by atoms with Crippen LogP contribution >= 0.6 is 0 Å². The van der Waals surface area contributed by atoms with Crippen LogP contribution in [0, 0.1) is 0 Å². The van der Waals surface area contributed by atoms with Crippen molar-refractivity contribution < 1.29 is 9.53 Å². The minimum atomic E-state index is -0.574. The molecule has 0 saturated carbocycles. The fraction of sp³-hybridized carbons (Fsp3) is 0.441. The van der Waals surface area contributed by atoms with E-state index in [1.165, 1.54) is 22.4 Å². The van der Waals surface area contributed by atoms with Crippen molar-refractivity contribution in [2.45, 2.75) is 68.9 Å². The summed E-state index contributed by atoms with van der Waals surface area (Å²) in [6.07, 6.45) is 1.82. The molecule has 0 aromatic heterocycles. The zero-order valence-electron chi connectivity index (χ0n) is 24.3. The summed E-state index contributed by atoms with van der Waals surface area (Å²) in [7, 11) is 4.47. The Kier molecular flexibility index (Phi) is 5.65. The largest absolute Gasteiger partial charge is 0.443 e. The number of hydrogen-bond donors (Lipinski definition) is 0. The van der Waals surface area contributed by atoms with Crippen molar-refractivity contribution in [3.63, 3.8) is 0 Å². The Hall–Kier alpha value is -3.35. The molecule has 0 N–H and O–H groups in total. The second kappa shape index (κ2) is 8.82. The molecule has 4 atom stereocenters. The highest BCUT2D eigenvalue weighted by atomic mass is 16.6. The Morgan fingerprint density at radius 3 is 1.95 bits per heavy atom. The van der Waals surface area contributed by atoms with E-state index in [9.17, 15) is 4.79 Å². The summed E-state index contributed by atoms with van der Waals surface area (Å²) in [5.41, 5.74) is 5.27. The van der Waals surface area contributed by atoms with Gasteiger partial charge in [0.2, 0.25) is 0 Å². The quantitative estimate of drug-likeness (QED) is 0.413. The second-order valence-corrected chi connectivity index (χ2v) is 13.1. The molecule has 0 bridgehead atoms. The van der Waals surface area contributed by atoms with E-state index in [0.29, 0.717) is 0 Å². The summed E-state index contributed by atoms with van der Waals surface area (Å²) in [4.78, 5) is 23.6. The van der Waals surface area contributed by atoms with E-state index >= 15 is 0 Å². The van der Waals surface area contributed by atoms with Gasteiger partial charge in [-0.3, -0.25) is 14.7 Å². The molecule has 4 aliphatic heterocycles. The molecule has 3 aromatic rings. The van der Waals surface area contributed by atoms with E-state index in [1.807, 2.05) is 25.7 Å². The van der Waals surface area contributed by atoms with E-state index in [0.717, 1.165) is 38.2 Å². The van der Waals surface area contributed by atoms with Gasteiger partial charge in [-0.1, -0.05) is 66.7 Å². The number of likely N-dealkylation sites (N-methyl/N-ethyl adjacent to an activating group) is 2. The van der Waals surface area contributed by atoms with Crippen LogP contribution in [-0.2, 0) is 22.1 Å². The van der Waals surface area contributed by atoms with Crippen LogP contribution in [0.15, 0.2) is 78.9 Å². The van der Waals surface area contributed by atoms with Crippen molar-refractivity contribution >= 4 is 17.5 Å². The van der Waals surface area contributed by atoms with Gasteiger partial charge < -0.3 is 9.64 Å². The van der Waals surface area contributed by atoms with Crippen molar-refractivity contribution in [1.29, 1.82) is 0 Å². The molecular weight excluding hydrogens is 496 g/mol. The third kappa shape index (κ3) is 3.32. The summed E-state index contributed by atoms with van der Waals surface area (Å²) >= 11 is 0. The van der Waals surface area contributed by atoms with Gasteiger partial charge in [0.15, 0.2) is 0 Å². The highest BCUT2D eigenvalue weighted by Gasteiger charge is 2.74. The molecule has 3 aromatic carbocycles. The fourth-order valence-electron chi connectivity index (χ4n) is 8.70. The van der Waals surface area contributed by atoms with Crippen molar-refractivity contribution in [2.24, 2.45) is 0 Å². The average molecular weight is 537 g/mol. The summed E-state index contributed by atoms with van der Waals surface area (Å²) < 4.78 is 6.08. The molecular formula is C34H40N4O2. The number of para-hydroxylation sites is 2. The summed E-state index contributed by atoms with van der Waals surface area (Å²) in [6, 6.07) is 28.5. The average Bonchev–Trinajstić information content (AvgIpc) is 3.62. The van der Waals surface area contributed by atoms with E-state index in [2.05, 4.69) is 108 Å². The Labute approximate surface area is 238 Å². The summed E-state index contributed by atoms with van der Waals surface area (Å²) in [6.45, 7) is 8.65. The van der Waals surface area contributed by atoms with Crippen LogP contribution < -0.4 is 9.80 Å². The fourth-order valence-corrected chi connectivity index (χ4v) is 8.70. The predicted octanol–water partition coefficient (Wildman–Crippen LogP) is 5.96. The number of carbonyl (C=O) groups is 1. The Balaban J connectivity index is 1.46. The van der Waals surface area contributed by atoms with Crippen molar-refractivity contribution in [1.82, 2.24) is 9.80 Å². The van der Waals surface area contributed by atoms with E-state index in [-0.39, 0.29) is 29.3 Å². The van der Waals surface area contributed by atoms with Crippen molar-refractivity contribution in [3.05, 3.63) is 95.6 Å². The molecule has 6 nitrogen and oxygen atoms in total. The van der Waals surface area contributed by atoms with E-state index < -0.39 is 5.60 Å². The van der Waals surface area contributed by atoms with Gasteiger partial charge in [-0.15, -0.1) is 0 Å². The number of hydrogen-bond acceptors (Lipinski definition) is 5. The van der Waals surface area contributed by atoms with Gasteiger partial charge >= 0.3 is 6.09 Å². The first-order valence-corrected chi connectivity index (χ1v) is 14.6. The third-order valence-electron chi connectivity index (χ3n) is 9.89. The molecule has 0 aliphatic carbocycles. The third-order valence-corrected chi connectivity index (χ3v) is 9.89. The van der Waals surface area contributed by atoms with Crippen LogP contribution in [0.2, 0.25) is 0 Å². The predicted molar refractivity (Wildman–Crippen MR) is 160 cm³/mol. The van der Waals surface area contributed by atoms with Gasteiger partial charge in [0.05, 0.1) is 11.9 Å². The Morgan fingerprint density at radius 2 is 1.30 bits per heavy atom. The normalized spacial score (nSPS) is 29.3. The number of rotatable bonds is 3. The highest BCUT2D eigenvalue weighted by Crippen LogP contribution is 2.68. The summed E-state index contributed by atoms with van der Waals surface area (Å²) in [5, 5.41) is 0.